The molecule has 0 radical (unpaired) electrons. The van der Waals surface area contributed by atoms with E-state index in [2.05, 4.69) is 24.6 Å². The van der Waals surface area contributed by atoms with Crippen molar-refractivity contribution in [2.24, 2.45) is 11.3 Å². The van der Waals surface area contributed by atoms with Crippen LogP contribution in [-0.2, 0) is 9.63 Å². The van der Waals surface area contributed by atoms with Gasteiger partial charge in [0.15, 0.2) is 0 Å². The summed E-state index contributed by atoms with van der Waals surface area (Å²) in [6.45, 7) is 8.40. The van der Waals surface area contributed by atoms with Crippen molar-refractivity contribution in [3.8, 4) is 0 Å². The molecule has 2 N–H and O–H groups in total. The highest BCUT2D eigenvalue weighted by Gasteiger charge is 2.34. The highest BCUT2D eigenvalue weighted by molar-refractivity contribution is 5.81. The molecule has 1 aliphatic heterocycles. The third-order valence-corrected chi connectivity index (χ3v) is 2.73. The standard InChI is InChI=1S/C11H22N2O2/c1-9(2)7-15-13-10(14)11(3)5-4-6-12-8-11/h9,12H,4-8H2,1-3H3,(H,13,14). The van der Waals surface area contributed by atoms with Gasteiger partial charge >= 0.3 is 0 Å². The predicted octanol–water partition coefficient (Wildman–Crippen LogP) is 1.08. The number of carbonyl (C=O) groups is 1. The third kappa shape index (κ3) is 3.80. The Balaban J connectivity index is 2.31. The maximum atomic E-state index is 11.8. The summed E-state index contributed by atoms with van der Waals surface area (Å²) in [5.74, 6) is 0.429. The van der Waals surface area contributed by atoms with E-state index in [1.54, 1.807) is 0 Å². The lowest BCUT2D eigenvalue weighted by molar-refractivity contribution is -0.145. The van der Waals surface area contributed by atoms with Crippen LogP contribution < -0.4 is 10.8 Å². The molecule has 0 saturated carbocycles. The summed E-state index contributed by atoms with van der Waals surface area (Å²) in [7, 11) is 0. The molecule has 1 saturated heterocycles. The molecule has 4 heteroatoms. The maximum Gasteiger partial charge on any atom is 0.250 e. The van der Waals surface area contributed by atoms with Crippen LogP contribution in [0.5, 0.6) is 0 Å². The Morgan fingerprint density at radius 3 is 2.87 bits per heavy atom. The molecular weight excluding hydrogens is 192 g/mol. The van der Waals surface area contributed by atoms with Crippen molar-refractivity contribution in [2.45, 2.75) is 33.6 Å². The Bertz CT molecular complexity index is 211. The van der Waals surface area contributed by atoms with Crippen molar-refractivity contribution >= 4 is 5.91 Å². The van der Waals surface area contributed by atoms with Crippen LogP contribution in [0.4, 0.5) is 0 Å². The topological polar surface area (TPSA) is 50.4 Å². The number of rotatable bonds is 4. The summed E-state index contributed by atoms with van der Waals surface area (Å²) in [6, 6.07) is 0. The lowest BCUT2D eigenvalue weighted by atomic mass is 9.82. The van der Waals surface area contributed by atoms with E-state index in [1.807, 2.05) is 6.92 Å². The molecule has 0 spiro atoms. The zero-order chi connectivity index (χ0) is 11.3. The summed E-state index contributed by atoms with van der Waals surface area (Å²) in [4.78, 5) is 17.0. The van der Waals surface area contributed by atoms with Crippen LogP contribution >= 0.6 is 0 Å². The fourth-order valence-corrected chi connectivity index (χ4v) is 1.65. The van der Waals surface area contributed by atoms with E-state index in [9.17, 15) is 4.79 Å². The molecule has 1 fully saturated rings. The lowest BCUT2D eigenvalue weighted by Gasteiger charge is -2.32. The van der Waals surface area contributed by atoms with Gasteiger partial charge in [0.1, 0.15) is 0 Å². The van der Waals surface area contributed by atoms with E-state index in [0.717, 1.165) is 25.9 Å². The Hall–Kier alpha value is -0.610. The van der Waals surface area contributed by atoms with Gasteiger partial charge in [-0.3, -0.25) is 9.63 Å². The van der Waals surface area contributed by atoms with E-state index in [4.69, 9.17) is 4.84 Å². The van der Waals surface area contributed by atoms with Crippen LogP contribution in [0, 0.1) is 11.3 Å². The van der Waals surface area contributed by atoms with E-state index < -0.39 is 0 Å². The molecule has 0 aromatic carbocycles. The van der Waals surface area contributed by atoms with Gasteiger partial charge in [0.25, 0.3) is 5.91 Å². The zero-order valence-electron chi connectivity index (χ0n) is 9.93. The van der Waals surface area contributed by atoms with Gasteiger partial charge in [-0.15, -0.1) is 0 Å². The Morgan fingerprint density at radius 1 is 1.60 bits per heavy atom. The first-order valence-electron chi connectivity index (χ1n) is 5.67. The lowest BCUT2D eigenvalue weighted by Crippen LogP contribution is -2.48. The van der Waals surface area contributed by atoms with E-state index in [1.165, 1.54) is 0 Å². The Kier molecular flexibility index (Phi) is 4.54. The van der Waals surface area contributed by atoms with Gasteiger partial charge in [0, 0.05) is 6.54 Å². The van der Waals surface area contributed by atoms with Crippen LogP contribution in [0.3, 0.4) is 0 Å². The summed E-state index contributed by atoms with van der Waals surface area (Å²) < 4.78 is 0. The molecule has 1 atom stereocenters. The number of nitrogens with one attached hydrogen (secondary N) is 2. The van der Waals surface area contributed by atoms with Crippen LogP contribution in [0.25, 0.3) is 0 Å². The largest absolute Gasteiger partial charge is 0.316 e. The maximum absolute atomic E-state index is 11.8. The second kappa shape index (κ2) is 5.47. The fraction of sp³-hybridized carbons (Fsp3) is 0.909. The van der Waals surface area contributed by atoms with Gasteiger partial charge in [0.05, 0.1) is 12.0 Å². The quantitative estimate of drug-likeness (QED) is 0.688. The summed E-state index contributed by atoms with van der Waals surface area (Å²) in [5.41, 5.74) is 2.23. The van der Waals surface area contributed by atoms with Crippen molar-refractivity contribution in [3.05, 3.63) is 0 Å². The molecule has 0 bridgehead atoms. The van der Waals surface area contributed by atoms with Crippen LogP contribution in [-0.4, -0.2) is 25.6 Å². The first kappa shape index (κ1) is 12.5. The van der Waals surface area contributed by atoms with Gasteiger partial charge < -0.3 is 5.32 Å². The summed E-state index contributed by atoms with van der Waals surface area (Å²) in [5, 5.41) is 3.24. The monoisotopic (exact) mass is 214 g/mol. The number of piperidine rings is 1. The third-order valence-electron chi connectivity index (χ3n) is 2.73. The van der Waals surface area contributed by atoms with Crippen molar-refractivity contribution in [2.75, 3.05) is 19.7 Å². The molecule has 0 aromatic heterocycles. The second-order valence-corrected chi connectivity index (χ2v) is 4.98. The normalized spacial score (nSPS) is 26.7. The highest BCUT2D eigenvalue weighted by atomic mass is 16.7. The summed E-state index contributed by atoms with van der Waals surface area (Å²) in [6.07, 6.45) is 1.98. The van der Waals surface area contributed by atoms with Crippen LogP contribution in [0.1, 0.15) is 33.6 Å². The molecule has 1 rings (SSSR count). The first-order valence-corrected chi connectivity index (χ1v) is 5.67. The number of hydrogen-bond donors (Lipinski definition) is 2. The number of carbonyl (C=O) groups excluding carboxylic acids is 1. The number of hydrogen-bond acceptors (Lipinski definition) is 3. The summed E-state index contributed by atoms with van der Waals surface area (Å²) >= 11 is 0. The average Bonchev–Trinajstić information content (AvgIpc) is 2.18. The molecule has 1 unspecified atom stereocenters. The molecule has 1 heterocycles. The van der Waals surface area contributed by atoms with Gasteiger partial charge in [-0.05, 0) is 32.2 Å². The van der Waals surface area contributed by atoms with E-state index >= 15 is 0 Å². The van der Waals surface area contributed by atoms with Gasteiger partial charge in [-0.2, -0.15) is 0 Å². The minimum atomic E-state index is -0.310. The highest BCUT2D eigenvalue weighted by Crippen LogP contribution is 2.25. The van der Waals surface area contributed by atoms with E-state index in [0.29, 0.717) is 12.5 Å². The van der Waals surface area contributed by atoms with Crippen molar-refractivity contribution in [1.82, 2.24) is 10.8 Å². The molecule has 1 amide bonds. The zero-order valence-corrected chi connectivity index (χ0v) is 9.93. The minimum absolute atomic E-state index is 0.00431. The SMILES string of the molecule is CC(C)CONC(=O)C1(C)CCCNC1. The number of hydroxylamine groups is 1. The molecule has 0 aromatic rings. The molecule has 4 nitrogen and oxygen atoms in total. The van der Waals surface area contributed by atoms with Gasteiger partial charge in [0.2, 0.25) is 0 Å². The van der Waals surface area contributed by atoms with Crippen molar-refractivity contribution in [3.63, 3.8) is 0 Å². The molecule has 0 aliphatic carbocycles. The van der Waals surface area contributed by atoms with Gasteiger partial charge in [-0.25, -0.2) is 5.48 Å². The fourth-order valence-electron chi connectivity index (χ4n) is 1.65. The Labute approximate surface area is 91.7 Å². The minimum Gasteiger partial charge on any atom is -0.316 e. The average molecular weight is 214 g/mol. The smallest absolute Gasteiger partial charge is 0.250 e. The van der Waals surface area contributed by atoms with Crippen molar-refractivity contribution in [1.29, 1.82) is 0 Å². The molecule has 88 valence electrons. The van der Waals surface area contributed by atoms with Crippen LogP contribution in [0.2, 0.25) is 0 Å². The van der Waals surface area contributed by atoms with Gasteiger partial charge in [-0.1, -0.05) is 13.8 Å². The molecular formula is C11H22N2O2. The first-order chi connectivity index (χ1) is 7.04. The molecule has 15 heavy (non-hydrogen) atoms. The van der Waals surface area contributed by atoms with Crippen LogP contribution in [0.15, 0.2) is 0 Å². The second-order valence-electron chi connectivity index (χ2n) is 4.98. The predicted molar refractivity (Wildman–Crippen MR) is 59.1 cm³/mol. The Morgan fingerprint density at radius 2 is 2.33 bits per heavy atom. The van der Waals surface area contributed by atoms with E-state index in [-0.39, 0.29) is 11.3 Å². The van der Waals surface area contributed by atoms with Crippen molar-refractivity contribution < 1.29 is 9.63 Å². The number of amides is 1. The molecule has 1 aliphatic rings.